The van der Waals surface area contributed by atoms with E-state index in [1.54, 1.807) is 12.1 Å². The predicted octanol–water partition coefficient (Wildman–Crippen LogP) is 2.14. The molecule has 6 nitrogen and oxygen atoms in total. The number of aromatic nitrogens is 1. The summed E-state index contributed by atoms with van der Waals surface area (Å²) in [6, 6.07) is 9.72. The summed E-state index contributed by atoms with van der Waals surface area (Å²) in [7, 11) is 0. The fourth-order valence-corrected chi connectivity index (χ4v) is 1.75. The maximum atomic E-state index is 12.0. The molecule has 1 aromatic carbocycles. The van der Waals surface area contributed by atoms with Crippen LogP contribution >= 0.6 is 11.6 Å². The Bertz CT molecular complexity index is 695. The van der Waals surface area contributed by atoms with E-state index in [9.17, 15) is 4.79 Å². The van der Waals surface area contributed by atoms with Gasteiger partial charge in [-0.2, -0.15) is 5.26 Å². The first-order valence-electron chi connectivity index (χ1n) is 5.57. The second kappa shape index (κ2) is 6.02. The summed E-state index contributed by atoms with van der Waals surface area (Å²) in [6.45, 7) is 0. The number of carbonyl (C=O) groups is 1. The van der Waals surface area contributed by atoms with Crippen LogP contribution in [0.3, 0.4) is 0 Å². The minimum absolute atomic E-state index is 0.209. The van der Waals surface area contributed by atoms with E-state index in [1.807, 2.05) is 6.07 Å². The van der Waals surface area contributed by atoms with Crippen LogP contribution < -0.4 is 16.6 Å². The van der Waals surface area contributed by atoms with Gasteiger partial charge in [0.2, 0.25) is 0 Å². The molecule has 20 heavy (non-hydrogen) atoms. The quantitative estimate of drug-likeness (QED) is 0.593. The summed E-state index contributed by atoms with van der Waals surface area (Å²) in [4.78, 5) is 15.9. The molecule has 7 heteroatoms. The van der Waals surface area contributed by atoms with Gasteiger partial charge in [0.05, 0.1) is 16.3 Å². The summed E-state index contributed by atoms with van der Waals surface area (Å²) < 4.78 is 0. The molecule has 0 aliphatic heterocycles. The third kappa shape index (κ3) is 3.03. The minimum atomic E-state index is -0.400. The molecule has 0 radical (unpaired) electrons. The number of nitrogens with two attached hydrogens (primary N) is 1. The Morgan fingerprint density at radius 1 is 1.30 bits per heavy atom. The van der Waals surface area contributed by atoms with Crippen molar-refractivity contribution in [2.75, 3.05) is 10.7 Å². The zero-order valence-electron chi connectivity index (χ0n) is 10.2. The first-order valence-corrected chi connectivity index (χ1v) is 5.95. The van der Waals surface area contributed by atoms with Gasteiger partial charge in [0, 0.05) is 11.9 Å². The monoisotopic (exact) mass is 287 g/mol. The predicted molar refractivity (Wildman–Crippen MR) is 76.2 cm³/mol. The number of nitrogens with one attached hydrogen (secondary N) is 2. The van der Waals surface area contributed by atoms with Gasteiger partial charge in [-0.15, -0.1) is 0 Å². The number of nitrogen functional groups attached to an aromatic ring is 1. The molecule has 0 aliphatic rings. The molecular weight excluding hydrogens is 278 g/mol. The molecule has 0 unspecified atom stereocenters. The topological polar surface area (TPSA) is 104 Å². The fourth-order valence-electron chi connectivity index (χ4n) is 1.52. The average Bonchev–Trinajstić information content (AvgIpc) is 2.47. The molecule has 0 saturated heterocycles. The zero-order valence-corrected chi connectivity index (χ0v) is 11.0. The molecule has 1 heterocycles. The Balaban J connectivity index is 2.19. The van der Waals surface area contributed by atoms with Crippen molar-refractivity contribution in [3.05, 3.63) is 52.8 Å². The maximum absolute atomic E-state index is 12.0. The van der Waals surface area contributed by atoms with E-state index in [4.69, 9.17) is 22.7 Å². The number of hydrogen-bond acceptors (Lipinski definition) is 5. The number of carbonyl (C=O) groups excluding carboxylic acids is 1. The summed E-state index contributed by atoms with van der Waals surface area (Å²) >= 11 is 5.89. The maximum Gasteiger partial charge on any atom is 0.274 e. The lowest BCUT2D eigenvalue weighted by Crippen LogP contribution is -2.15. The lowest BCUT2D eigenvalue weighted by atomic mass is 10.2. The molecule has 2 rings (SSSR count). The summed E-state index contributed by atoms with van der Waals surface area (Å²) in [5.41, 5.74) is 4.04. The van der Waals surface area contributed by atoms with Crippen LogP contribution in [0.25, 0.3) is 0 Å². The lowest BCUT2D eigenvalue weighted by molar-refractivity contribution is 0.102. The van der Waals surface area contributed by atoms with Crippen LogP contribution in [0.2, 0.25) is 5.02 Å². The van der Waals surface area contributed by atoms with Gasteiger partial charge in [-0.05, 0) is 30.3 Å². The van der Waals surface area contributed by atoms with Gasteiger partial charge in [0.15, 0.2) is 0 Å². The third-order valence-electron chi connectivity index (χ3n) is 2.51. The SMILES string of the molecule is N#Cc1ccc(NC(=O)c2cc(NN)ccn2)cc1Cl. The van der Waals surface area contributed by atoms with Crippen molar-refractivity contribution in [2.24, 2.45) is 5.84 Å². The van der Waals surface area contributed by atoms with Crippen molar-refractivity contribution in [1.82, 2.24) is 4.98 Å². The minimum Gasteiger partial charge on any atom is -0.324 e. The number of amides is 1. The normalized spacial score (nSPS) is 9.65. The molecule has 0 fully saturated rings. The van der Waals surface area contributed by atoms with Crippen LogP contribution in [-0.4, -0.2) is 10.9 Å². The standard InChI is InChI=1S/C13H10ClN5O/c14-11-5-9(2-1-8(11)7-15)18-13(20)12-6-10(19-16)3-4-17-12/h1-6H,16H2,(H,17,19)(H,18,20). The molecule has 0 spiro atoms. The van der Waals surface area contributed by atoms with Crippen LogP contribution in [0.4, 0.5) is 11.4 Å². The molecule has 2 aromatic rings. The van der Waals surface area contributed by atoms with E-state index in [0.29, 0.717) is 16.9 Å². The Kier molecular flexibility index (Phi) is 4.15. The zero-order chi connectivity index (χ0) is 14.5. The number of hydrogen-bond donors (Lipinski definition) is 3. The number of hydrazine groups is 1. The molecule has 1 aromatic heterocycles. The smallest absolute Gasteiger partial charge is 0.274 e. The molecular formula is C13H10ClN5O. The highest BCUT2D eigenvalue weighted by Gasteiger charge is 2.09. The first kappa shape index (κ1) is 13.8. The van der Waals surface area contributed by atoms with Gasteiger partial charge < -0.3 is 10.7 Å². The molecule has 0 bridgehead atoms. The van der Waals surface area contributed by atoms with Crippen molar-refractivity contribution in [1.29, 1.82) is 5.26 Å². The van der Waals surface area contributed by atoms with Gasteiger partial charge in [0.25, 0.3) is 5.91 Å². The molecule has 0 saturated carbocycles. The molecule has 100 valence electrons. The van der Waals surface area contributed by atoms with Crippen LogP contribution in [0.1, 0.15) is 16.1 Å². The van der Waals surface area contributed by atoms with Gasteiger partial charge >= 0.3 is 0 Å². The third-order valence-corrected chi connectivity index (χ3v) is 2.82. The number of benzene rings is 1. The van der Waals surface area contributed by atoms with Crippen LogP contribution in [0, 0.1) is 11.3 Å². The largest absolute Gasteiger partial charge is 0.324 e. The summed E-state index contributed by atoms with van der Waals surface area (Å²) in [5.74, 6) is 4.87. The van der Waals surface area contributed by atoms with E-state index in [-0.39, 0.29) is 10.7 Å². The molecule has 1 amide bonds. The van der Waals surface area contributed by atoms with Crippen molar-refractivity contribution < 1.29 is 4.79 Å². The average molecular weight is 288 g/mol. The number of pyridine rings is 1. The number of rotatable bonds is 3. The van der Waals surface area contributed by atoms with Gasteiger partial charge in [0.1, 0.15) is 11.8 Å². The number of nitrogens with zero attached hydrogens (tertiary/aromatic N) is 2. The highest BCUT2D eigenvalue weighted by molar-refractivity contribution is 6.32. The Morgan fingerprint density at radius 3 is 2.75 bits per heavy atom. The highest BCUT2D eigenvalue weighted by Crippen LogP contribution is 2.20. The van der Waals surface area contributed by atoms with Crippen LogP contribution in [0.15, 0.2) is 36.5 Å². The molecule has 0 atom stereocenters. The molecule has 4 N–H and O–H groups in total. The van der Waals surface area contributed by atoms with E-state index in [0.717, 1.165) is 0 Å². The second-order valence-electron chi connectivity index (χ2n) is 3.83. The van der Waals surface area contributed by atoms with E-state index >= 15 is 0 Å². The van der Waals surface area contributed by atoms with Gasteiger partial charge in [-0.1, -0.05) is 11.6 Å². The Labute approximate surface area is 120 Å². The van der Waals surface area contributed by atoms with Crippen LogP contribution in [-0.2, 0) is 0 Å². The van der Waals surface area contributed by atoms with Crippen molar-refractivity contribution in [2.45, 2.75) is 0 Å². The second-order valence-corrected chi connectivity index (χ2v) is 4.24. The van der Waals surface area contributed by atoms with E-state index < -0.39 is 5.91 Å². The fraction of sp³-hybridized carbons (Fsp3) is 0. The van der Waals surface area contributed by atoms with E-state index in [1.165, 1.54) is 24.4 Å². The Hall–Kier alpha value is -2.62. The number of anilines is 2. The van der Waals surface area contributed by atoms with Crippen molar-refractivity contribution in [3.63, 3.8) is 0 Å². The highest BCUT2D eigenvalue weighted by atomic mass is 35.5. The van der Waals surface area contributed by atoms with Crippen molar-refractivity contribution in [3.8, 4) is 6.07 Å². The van der Waals surface area contributed by atoms with Gasteiger partial charge in [-0.25, -0.2) is 0 Å². The molecule has 0 aliphatic carbocycles. The Morgan fingerprint density at radius 2 is 2.10 bits per heavy atom. The summed E-state index contributed by atoms with van der Waals surface area (Å²) in [6.07, 6.45) is 1.47. The van der Waals surface area contributed by atoms with Crippen molar-refractivity contribution >= 4 is 28.9 Å². The van der Waals surface area contributed by atoms with Gasteiger partial charge in [-0.3, -0.25) is 15.6 Å². The summed E-state index contributed by atoms with van der Waals surface area (Å²) in [5, 5.41) is 11.7. The van der Waals surface area contributed by atoms with Crippen LogP contribution in [0.5, 0.6) is 0 Å². The number of nitriles is 1. The lowest BCUT2D eigenvalue weighted by Gasteiger charge is -2.07. The number of halogens is 1. The van der Waals surface area contributed by atoms with E-state index in [2.05, 4.69) is 15.7 Å². The first-order chi connectivity index (χ1) is 9.63.